The highest BCUT2D eigenvalue weighted by molar-refractivity contribution is 5.91. The van der Waals surface area contributed by atoms with Crippen LogP contribution in [0.3, 0.4) is 0 Å². The van der Waals surface area contributed by atoms with Gasteiger partial charge in [0, 0.05) is 36.1 Å². The van der Waals surface area contributed by atoms with Crippen LogP contribution in [-0.2, 0) is 22.4 Å². The van der Waals surface area contributed by atoms with Crippen LogP contribution in [0.2, 0.25) is 0 Å². The summed E-state index contributed by atoms with van der Waals surface area (Å²) < 4.78 is 5.82. The van der Waals surface area contributed by atoms with Gasteiger partial charge in [-0.25, -0.2) is 4.79 Å². The standard InChI is InChI=1S/C29H38N4O3/c1-20-10-6-9-15-26(20)36-28(35)33-29(2,17-22-19-31-25-14-8-7-13-24(22)25)27(34)32-23(18-30)16-21-11-4-3-5-12-21/h3-5,7-8,11-14,19-20,23,26,31H,6,9-10,15-18,30H2,1-2H3,(H,32,34)(H,33,35)/t20-,23+,26-,29-/m1/s1. The van der Waals surface area contributed by atoms with Crippen molar-refractivity contribution in [2.24, 2.45) is 11.7 Å². The summed E-state index contributed by atoms with van der Waals surface area (Å²) in [5.74, 6) is 0.0264. The summed E-state index contributed by atoms with van der Waals surface area (Å²) in [6, 6.07) is 17.6. The number of rotatable bonds is 9. The van der Waals surface area contributed by atoms with Crippen molar-refractivity contribution in [1.82, 2.24) is 15.6 Å². The second-order valence-corrected chi connectivity index (χ2v) is 10.3. The van der Waals surface area contributed by atoms with Crippen molar-refractivity contribution in [3.8, 4) is 0 Å². The van der Waals surface area contributed by atoms with Crippen LogP contribution in [0.15, 0.2) is 60.8 Å². The van der Waals surface area contributed by atoms with Crippen LogP contribution in [0.1, 0.15) is 50.7 Å². The number of ether oxygens (including phenoxy) is 1. The number of aromatic amines is 1. The Labute approximate surface area is 213 Å². The van der Waals surface area contributed by atoms with Crippen LogP contribution in [0.5, 0.6) is 0 Å². The number of aromatic nitrogens is 1. The monoisotopic (exact) mass is 490 g/mol. The van der Waals surface area contributed by atoms with Crippen LogP contribution in [-0.4, -0.2) is 41.2 Å². The lowest BCUT2D eigenvalue weighted by Crippen LogP contribution is -2.61. The fourth-order valence-corrected chi connectivity index (χ4v) is 5.13. The molecule has 0 saturated heterocycles. The Morgan fingerprint density at radius 3 is 2.58 bits per heavy atom. The largest absolute Gasteiger partial charge is 0.446 e. The molecular formula is C29H38N4O3. The van der Waals surface area contributed by atoms with Gasteiger partial charge in [-0.2, -0.15) is 0 Å². The first-order chi connectivity index (χ1) is 17.4. The number of hydrogen-bond acceptors (Lipinski definition) is 4. The number of H-pyrrole nitrogens is 1. The van der Waals surface area contributed by atoms with E-state index in [1.807, 2.05) is 60.8 Å². The first kappa shape index (κ1) is 25.8. The van der Waals surface area contributed by atoms with Crippen LogP contribution in [0, 0.1) is 5.92 Å². The molecular weight excluding hydrogens is 452 g/mol. The van der Waals surface area contributed by atoms with Gasteiger partial charge >= 0.3 is 6.09 Å². The normalized spacial score (nSPS) is 20.3. The van der Waals surface area contributed by atoms with E-state index in [1.165, 1.54) is 0 Å². The Morgan fingerprint density at radius 1 is 1.11 bits per heavy atom. The first-order valence-corrected chi connectivity index (χ1v) is 13.0. The molecule has 36 heavy (non-hydrogen) atoms. The van der Waals surface area contributed by atoms with Gasteiger partial charge in [0.2, 0.25) is 5.91 Å². The minimum Gasteiger partial charge on any atom is -0.446 e. The number of alkyl carbamates (subject to hydrolysis) is 1. The molecule has 2 aromatic carbocycles. The SMILES string of the molecule is C[C@@H]1CCCC[C@H]1OC(=O)N[C@](C)(Cc1c[nH]c2ccccc12)C(=O)N[C@H](CN)Cc1ccccc1. The van der Waals surface area contributed by atoms with E-state index in [2.05, 4.69) is 22.5 Å². The molecule has 7 heteroatoms. The molecule has 4 rings (SSSR count). The molecule has 0 spiro atoms. The van der Waals surface area contributed by atoms with Crippen molar-refractivity contribution in [3.05, 3.63) is 71.9 Å². The molecule has 0 unspecified atom stereocenters. The Kier molecular flexibility index (Phi) is 8.31. The van der Waals surface area contributed by atoms with Gasteiger partial charge in [-0.15, -0.1) is 0 Å². The number of amides is 2. The van der Waals surface area contributed by atoms with Crippen LogP contribution < -0.4 is 16.4 Å². The lowest BCUT2D eigenvalue weighted by Gasteiger charge is -2.33. The van der Waals surface area contributed by atoms with E-state index in [-0.39, 0.29) is 24.6 Å². The Bertz CT molecular complexity index is 1160. The van der Waals surface area contributed by atoms with Crippen LogP contribution in [0.4, 0.5) is 4.79 Å². The number of nitrogens with two attached hydrogens (primary N) is 1. The predicted octanol–water partition coefficient (Wildman–Crippen LogP) is 4.46. The van der Waals surface area contributed by atoms with E-state index >= 15 is 0 Å². The quantitative estimate of drug-likeness (QED) is 0.355. The van der Waals surface area contributed by atoms with E-state index in [0.29, 0.717) is 18.8 Å². The van der Waals surface area contributed by atoms with Crippen molar-refractivity contribution < 1.29 is 14.3 Å². The molecule has 1 aromatic heterocycles. The molecule has 1 saturated carbocycles. The number of fused-ring (bicyclic) bond motifs is 1. The van der Waals surface area contributed by atoms with Gasteiger partial charge in [0.05, 0.1) is 0 Å². The smallest absolute Gasteiger partial charge is 0.408 e. The number of benzene rings is 2. The molecule has 3 aromatic rings. The van der Waals surface area contributed by atoms with Gasteiger partial charge in [-0.1, -0.05) is 61.9 Å². The van der Waals surface area contributed by atoms with Gasteiger partial charge in [-0.05, 0) is 55.7 Å². The molecule has 1 fully saturated rings. The summed E-state index contributed by atoms with van der Waals surface area (Å²) in [4.78, 5) is 30.1. The average Bonchev–Trinajstić information content (AvgIpc) is 3.28. The molecule has 0 radical (unpaired) electrons. The molecule has 1 aliphatic rings. The van der Waals surface area contributed by atoms with Crippen molar-refractivity contribution in [3.63, 3.8) is 0 Å². The van der Waals surface area contributed by atoms with Crippen molar-refractivity contribution in [2.45, 2.75) is 70.1 Å². The summed E-state index contributed by atoms with van der Waals surface area (Å²) in [6.45, 7) is 4.16. The summed E-state index contributed by atoms with van der Waals surface area (Å²) in [7, 11) is 0. The topological polar surface area (TPSA) is 109 Å². The van der Waals surface area contributed by atoms with E-state index < -0.39 is 11.6 Å². The molecule has 1 heterocycles. The second-order valence-electron chi connectivity index (χ2n) is 10.3. The third-order valence-corrected chi connectivity index (χ3v) is 7.33. The lowest BCUT2D eigenvalue weighted by atomic mass is 9.88. The molecule has 0 bridgehead atoms. The number of carbonyl (C=O) groups is 2. The van der Waals surface area contributed by atoms with E-state index in [0.717, 1.165) is 47.7 Å². The van der Waals surface area contributed by atoms with Crippen LogP contribution in [0.25, 0.3) is 10.9 Å². The number of para-hydroxylation sites is 1. The first-order valence-electron chi connectivity index (χ1n) is 13.0. The summed E-state index contributed by atoms with van der Waals surface area (Å²) in [6.07, 6.45) is 6.23. The van der Waals surface area contributed by atoms with Crippen molar-refractivity contribution in [1.29, 1.82) is 0 Å². The Balaban J connectivity index is 1.54. The Hall–Kier alpha value is -3.32. The fraction of sp³-hybridized carbons (Fsp3) is 0.448. The van der Waals surface area contributed by atoms with E-state index in [4.69, 9.17) is 10.5 Å². The highest BCUT2D eigenvalue weighted by Gasteiger charge is 2.38. The Morgan fingerprint density at radius 2 is 1.83 bits per heavy atom. The zero-order valence-corrected chi connectivity index (χ0v) is 21.3. The minimum absolute atomic E-state index is 0.131. The maximum absolute atomic E-state index is 13.7. The third kappa shape index (κ3) is 6.26. The molecule has 2 amide bonds. The number of hydrogen-bond donors (Lipinski definition) is 4. The zero-order valence-electron chi connectivity index (χ0n) is 21.3. The van der Waals surface area contributed by atoms with Gasteiger partial charge < -0.3 is 26.1 Å². The molecule has 7 nitrogen and oxygen atoms in total. The number of nitrogens with one attached hydrogen (secondary N) is 3. The zero-order chi connectivity index (χ0) is 25.5. The molecule has 4 atom stereocenters. The van der Waals surface area contributed by atoms with Crippen molar-refractivity contribution in [2.75, 3.05) is 6.54 Å². The third-order valence-electron chi connectivity index (χ3n) is 7.33. The highest BCUT2D eigenvalue weighted by atomic mass is 16.6. The molecule has 5 N–H and O–H groups in total. The van der Waals surface area contributed by atoms with Gasteiger partial charge in [0.15, 0.2) is 0 Å². The average molecular weight is 491 g/mol. The maximum Gasteiger partial charge on any atom is 0.408 e. The summed E-state index contributed by atoms with van der Waals surface area (Å²) >= 11 is 0. The van der Waals surface area contributed by atoms with Gasteiger partial charge in [0.25, 0.3) is 0 Å². The minimum atomic E-state index is -1.23. The lowest BCUT2D eigenvalue weighted by molar-refractivity contribution is -0.127. The van der Waals surface area contributed by atoms with Crippen molar-refractivity contribution >= 4 is 22.9 Å². The van der Waals surface area contributed by atoms with Crippen LogP contribution >= 0.6 is 0 Å². The summed E-state index contributed by atoms with van der Waals surface area (Å²) in [5.41, 5.74) is 7.82. The fourth-order valence-electron chi connectivity index (χ4n) is 5.13. The number of carbonyl (C=O) groups excluding carboxylic acids is 2. The predicted molar refractivity (Wildman–Crippen MR) is 143 cm³/mol. The van der Waals surface area contributed by atoms with E-state index in [9.17, 15) is 9.59 Å². The molecule has 192 valence electrons. The molecule has 0 aliphatic heterocycles. The highest BCUT2D eigenvalue weighted by Crippen LogP contribution is 2.27. The summed E-state index contributed by atoms with van der Waals surface area (Å²) in [5, 5.41) is 7.04. The molecule has 1 aliphatic carbocycles. The van der Waals surface area contributed by atoms with Gasteiger partial charge in [0.1, 0.15) is 11.6 Å². The second kappa shape index (κ2) is 11.6. The maximum atomic E-state index is 13.7. The van der Waals surface area contributed by atoms with E-state index in [1.54, 1.807) is 6.92 Å². The van der Waals surface area contributed by atoms with Gasteiger partial charge in [-0.3, -0.25) is 4.79 Å².